The van der Waals surface area contributed by atoms with Gasteiger partial charge in [0.2, 0.25) is 17.6 Å². The molecule has 3 N–H and O–H groups in total. The number of rotatable bonds is 6. The summed E-state index contributed by atoms with van der Waals surface area (Å²) in [6.45, 7) is 3.42. The Hall–Kier alpha value is -3.82. The minimum Gasteiger partial charge on any atom is -0.430 e. The van der Waals surface area contributed by atoms with Gasteiger partial charge in [0, 0.05) is 35.9 Å². The van der Waals surface area contributed by atoms with Crippen LogP contribution in [0.4, 0.5) is 24.5 Å². The second-order valence-corrected chi connectivity index (χ2v) is 9.00. The number of carbonyl (C=O) groups excluding carboxylic acids is 2. The number of oxazole rings is 1. The smallest absolute Gasteiger partial charge is 0.430 e. The van der Waals surface area contributed by atoms with Gasteiger partial charge in [-0.15, -0.1) is 0 Å². The number of nitrogens with zero attached hydrogens (tertiary/aromatic N) is 2. The van der Waals surface area contributed by atoms with Crippen LogP contribution in [0, 0.1) is 18.8 Å². The number of halogens is 3. The molecule has 1 aromatic heterocycles. The first kappa shape index (κ1) is 22.9. The SMILES string of the molecule is Cc1ccccc1NC(=O)C1CC1CN1CCc2cc(-c3nc(C(F)(F)F)c(C(N)=O)o3)ccc21. The lowest BCUT2D eigenvalue weighted by atomic mass is 10.1. The number of amides is 2. The molecule has 3 aromatic rings. The largest absolute Gasteiger partial charge is 0.437 e. The number of carbonyl (C=O) groups is 2. The number of nitrogens with two attached hydrogens (primary N) is 1. The second kappa shape index (κ2) is 8.44. The molecule has 0 bridgehead atoms. The average Bonchev–Trinajstić information content (AvgIpc) is 3.23. The highest BCUT2D eigenvalue weighted by molar-refractivity contribution is 5.95. The van der Waals surface area contributed by atoms with Gasteiger partial charge in [-0.25, -0.2) is 4.98 Å². The molecule has 2 heterocycles. The molecule has 2 unspecified atom stereocenters. The first-order valence-electron chi connectivity index (χ1n) is 11.2. The number of para-hydroxylation sites is 1. The van der Waals surface area contributed by atoms with Crippen molar-refractivity contribution in [1.82, 2.24) is 4.98 Å². The summed E-state index contributed by atoms with van der Waals surface area (Å²) in [7, 11) is 0. The zero-order valence-electron chi connectivity index (χ0n) is 18.9. The van der Waals surface area contributed by atoms with Crippen LogP contribution in [0.1, 0.15) is 33.8 Å². The molecule has 5 rings (SSSR count). The van der Waals surface area contributed by atoms with E-state index in [1.54, 1.807) is 12.1 Å². The summed E-state index contributed by atoms with van der Waals surface area (Å²) in [6.07, 6.45) is -3.34. The van der Waals surface area contributed by atoms with Crippen LogP contribution in [-0.2, 0) is 17.4 Å². The third-order valence-electron chi connectivity index (χ3n) is 6.55. The quantitative estimate of drug-likeness (QED) is 0.540. The van der Waals surface area contributed by atoms with E-state index in [-0.39, 0.29) is 23.6 Å². The zero-order chi connectivity index (χ0) is 24.9. The number of aromatic nitrogens is 1. The van der Waals surface area contributed by atoms with E-state index in [2.05, 4.69) is 15.2 Å². The fraction of sp³-hybridized carbons (Fsp3) is 0.320. The van der Waals surface area contributed by atoms with Gasteiger partial charge in [-0.1, -0.05) is 18.2 Å². The minimum atomic E-state index is -4.86. The summed E-state index contributed by atoms with van der Waals surface area (Å²) in [5, 5.41) is 3.01. The number of anilines is 2. The maximum Gasteiger partial charge on any atom is 0.437 e. The molecule has 2 aliphatic rings. The first-order chi connectivity index (χ1) is 16.6. The van der Waals surface area contributed by atoms with Crippen LogP contribution in [-0.4, -0.2) is 29.9 Å². The monoisotopic (exact) mass is 484 g/mol. The van der Waals surface area contributed by atoms with E-state index in [9.17, 15) is 22.8 Å². The lowest BCUT2D eigenvalue weighted by Crippen LogP contribution is -2.25. The molecule has 2 aromatic carbocycles. The highest BCUT2D eigenvalue weighted by atomic mass is 19.4. The molecule has 1 saturated carbocycles. The van der Waals surface area contributed by atoms with Crippen LogP contribution < -0.4 is 16.0 Å². The van der Waals surface area contributed by atoms with Crippen LogP contribution in [0.5, 0.6) is 0 Å². The van der Waals surface area contributed by atoms with Gasteiger partial charge in [0.15, 0.2) is 5.69 Å². The zero-order valence-corrected chi connectivity index (χ0v) is 18.9. The van der Waals surface area contributed by atoms with Gasteiger partial charge in [-0.2, -0.15) is 13.2 Å². The van der Waals surface area contributed by atoms with Crippen molar-refractivity contribution < 1.29 is 27.2 Å². The Morgan fingerprint density at radius 2 is 2.00 bits per heavy atom. The molecule has 0 saturated heterocycles. The van der Waals surface area contributed by atoms with E-state index >= 15 is 0 Å². The van der Waals surface area contributed by atoms with E-state index in [0.717, 1.165) is 42.0 Å². The topological polar surface area (TPSA) is 101 Å². The summed E-state index contributed by atoms with van der Waals surface area (Å²) in [4.78, 5) is 29.7. The molecular weight excluding hydrogens is 461 g/mol. The van der Waals surface area contributed by atoms with Gasteiger partial charge in [-0.05, 0) is 61.1 Å². The second-order valence-electron chi connectivity index (χ2n) is 9.00. The van der Waals surface area contributed by atoms with Crippen LogP contribution in [0.15, 0.2) is 46.9 Å². The Labute approximate surface area is 199 Å². The van der Waals surface area contributed by atoms with Crippen molar-refractivity contribution in [3.63, 3.8) is 0 Å². The van der Waals surface area contributed by atoms with Gasteiger partial charge >= 0.3 is 6.18 Å². The number of hydrogen-bond acceptors (Lipinski definition) is 5. The molecule has 1 aliphatic carbocycles. The van der Waals surface area contributed by atoms with Crippen LogP contribution in [0.3, 0.4) is 0 Å². The van der Waals surface area contributed by atoms with Crippen molar-refractivity contribution in [1.29, 1.82) is 0 Å². The fourth-order valence-corrected chi connectivity index (χ4v) is 4.59. The maximum atomic E-state index is 13.2. The molecule has 0 spiro atoms. The Balaban J connectivity index is 1.27. The summed E-state index contributed by atoms with van der Waals surface area (Å²) in [5.74, 6) is -2.41. The van der Waals surface area contributed by atoms with Gasteiger partial charge in [0.25, 0.3) is 5.91 Å². The van der Waals surface area contributed by atoms with Crippen molar-refractivity contribution in [2.24, 2.45) is 17.6 Å². The fourth-order valence-electron chi connectivity index (χ4n) is 4.59. The van der Waals surface area contributed by atoms with E-state index in [1.807, 2.05) is 37.3 Å². The Morgan fingerprint density at radius 3 is 2.69 bits per heavy atom. The Bertz CT molecular complexity index is 1320. The van der Waals surface area contributed by atoms with Crippen molar-refractivity contribution >= 4 is 23.2 Å². The highest BCUT2D eigenvalue weighted by Crippen LogP contribution is 2.43. The molecule has 1 fully saturated rings. The summed E-state index contributed by atoms with van der Waals surface area (Å²) < 4.78 is 44.7. The van der Waals surface area contributed by atoms with Crippen LogP contribution in [0.25, 0.3) is 11.5 Å². The number of alkyl halides is 3. The van der Waals surface area contributed by atoms with Gasteiger partial charge in [-0.3, -0.25) is 9.59 Å². The first-order valence-corrected chi connectivity index (χ1v) is 11.2. The lowest BCUT2D eigenvalue weighted by Gasteiger charge is -2.19. The van der Waals surface area contributed by atoms with E-state index in [4.69, 9.17) is 10.2 Å². The number of nitrogens with one attached hydrogen (secondary N) is 1. The molecule has 182 valence electrons. The number of benzene rings is 2. The van der Waals surface area contributed by atoms with E-state index in [0.29, 0.717) is 12.0 Å². The number of primary amides is 1. The van der Waals surface area contributed by atoms with Gasteiger partial charge in [0.1, 0.15) is 0 Å². The van der Waals surface area contributed by atoms with Gasteiger partial charge < -0.3 is 20.4 Å². The summed E-state index contributed by atoms with van der Waals surface area (Å²) in [6, 6.07) is 12.8. The standard InChI is InChI=1S/C25H23F3N4O3/c1-13-4-2-3-5-18(13)30-23(34)17-11-16(17)12-32-9-8-14-10-15(6-7-19(14)32)24-31-21(25(26,27)28)20(35-24)22(29)33/h2-7,10,16-17H,8-9,11-12H2,1H3,(H2,29,33)(H,30,34). The minimum absolute atomic E-state index is 0.0219. The Kier molecular flexibility index (Phi) is 5.53. The predicted molar refractivity (Wildman–Crippen MR) is 123 cm³/mol. The van der Waals surface area contributed by atoms with Crippen LogP contribution >= 0.6 is 0 Å². The molecule has 7 nitrogen and oxygen atoms in total. The summed E-state index contributed by atoms with van der Waals surface area (Å²) in [5.41, 5.74) is 7.70. The normalized spacial score (nSPS) is 18.9. The average molecular weight is 484 g/mol. The third-order valence-corrected chi connectivity index (χ3v) is 6.55. The molecule has 10 heteroatoms. The molecule has 35 heavy (non-hydrogen) atoms. The van der Waals surface area contributed by atoms with Crippen molar-refractivity contribution in [3.8, 4) is 11.5 Å². The molecule has 2 amide bonds. The maximum absolute atomic E-state index is 13.2. The van der Waals surface area contributed by atoms with Crippen LogP contribution in [0.2, 0.25) is 0 Å². The number of aryl methyl sites for hydroxylation is 1. The van der Waals surface area contributed by atoms with Gasteiger partial charge in [0.05, 0.1) is 0 Å². The van der Waals surface area contributed by atoms with Crippen molar-refractivity contribution in [2.75, 3.05) is 23.3 Å². The van der Waals surface area contributed by atoms with E-state index < -0.39 is 23.5 Å². The Morgan fingerprint density at radius 1 is 1.23 bits per heavy atom. The lowest BCUT2D eigenvalue weighted by molar-refractivity contribution is -0.141. The predicted octanol–water partition coefficient (Wildman–Crippen LogP) is 4.41. The highest BCUT2D eigenvalue weighted by Gasteiger charge is 2.44. The van der Waals surface area contributed by atoms with Crippen molar-refractivity contribution in [2.45, 2.75) is 25.9 Å². The van der Waals surface area contributed by atoms with E-state index in [1.165, 1.54) is 0 Å². The molecular formula is C25H23F3N4O3. The third kappa shape index (κ3) is 4.48. The molecule has 2 atom stereocenters. The number of fused-ring (bicyclic) bond motifs is 1. The number of hydrogen-bond donors (Lipinski definition) is 2. The summed E-state index contributed by atoms with van der Waals surface area (Å²) >= 11 is 0. The molecule has 0 radical (unpaired) electrons. The molecule has 1 aliphatic heterocycles. The van der Waals surface area contributed by atoms with Crippen molar-refractivity contribution in [3.05, 3.63) is 65.0 Å².